The molecule has 0 aromatic rings. The Kier molecular flexibility index (Phi) is 3.06. The summed E-state index contributed by atoms with van der Waals surface area (Å²) < 4.78 is 0. The van der Waals surface area contributed by atoms with Crippen LogP contribution in [0.5, 0.6) is 0 Å². The first-order chi connectivity index (χ1) is 6.56. The van der Waals surface area contributed by atoms with Gasteiger partial charge in [0.05, 0.1) is 18.4 Å². The second kappa shape index (κ2) is 4.08. The maximum absolute atomic E-state index is 11.2. The molecule has 2 unspecified atom stereocenters. The van der Waals surface area contributed by atoms with Crippen LogP contribution < -0.4 is 10.6 Å². The van der Waals surface area contributed by atoms with Crippen molar-refractivity contribution in [2.24, 2.45) is 11.8 Å². The summed E-state index contributed by atoms with van der Waals surface area (Å²) in [7, 11) is 1.46. The van der Waals surface area contributed by atoms with Crippen LogP contribution in [0, 0.1) is 11.8 Å². The molecule has 1 fully saturated rings. The van der Waals surface area contributed by atoms with Crippen molar-refractivity contribution in [2.75, 3.05) is 13.6 Å². The number of amides is 2. The van der Waals surface area contributed by atoms with E-state index in [0.29, 0.717) is 6.42 Å². The Morgan fingerprint density at radius 3 is 2.43 bits per heavy atom. The Bertz CT molecular complexity index is 277. The molecule has 3 N–H and O–H groups in total. The van der Waals surface area contributed by atoms with Crippen LogP contribution in [0.2, 0.25) is 0 Å². The first kappa shape index (κ1) is 10.5. The molecule has 1 rings (SSSR count). The minimum Gasteiger partial charge on any atom is -0.481 e. The number of carbonyl (C=O) groups excluding carboxylic acids is 2. The molecular weight excluding hydrogens is 188 g/mol. The third-order valence-electron chi connectivity index (χ3n) is 2.15. The molecule has 1 aliphatic carbocycles. The Morgan fingerprint density at radius 2 is 2.00 bits per heavy atom. The van der Waals surface area contributed by atoms with Crippen LogP contribution in [0.4, 0.5) is 0 Å². The van der Waals surface area contributed by atoms with Gasteiger partial charge in [-0.05, 0) is 6.42 Å². The number of rotatable bonds is 4. The number of hydrogen-bond acceptors (Lipinski definition) is 3. The molecular formula is C8H12N2O4. The van der Waals surface area contributed by atoms with E-state index in [1.807, 2.05) is 0 Å². The second-order valence-corrected chi connectivity index (χ2v) is 3.18. The monoisotopic (exact) mass is 200 g/mol. The van der Waals surface area contributed by atoms with Crippen LogP contribution in [-0.4, -0.2) is 36.5 Å². The maximum atomic E-state index is 11.2. The van der Waals surface area contributed by atoms with Gasteiger partial charge in [-0.15, -0.1) is 0 Å². The molecule has 6 nitrogen and oxygen atoms in total. The van der Waals surface area contributed by atoms with Gasteiger partial charge in [-0.25, -0.2) is 0 Å². The summed E-state index contributed by atoms with van der Waals surface area (Å²) in [5.41, 5.74) is 0. The van der Waals surface area contributed by atoms with E-state index >= 15 is 0 Å². The highest BCUT2D eigenvalue weighted by Crippen LogP contribution is 2.38. The molecule has 0 radical (unpaired) electrons. The Morgan fingerprint density at radius 1 is 1.36 bits per heavy atom. The first-order valence-electron chi connectivity index (χ1n) is 4.27. The smallest absolute Gasteiger partial charge is 0.307 e. The van der Waals surface area contributed by atoms with Crippen LogP contribution in [0.1, 0.15) is 6.42 Å². The third kappa shape index (κ3) is 2.45. The zero-order valence-electron chi connectivity index (χ0n) is 7.74. The lowest BCUT2D eigenvalue weighted by molar-refractivity contribution is -0.140. The molecule has 0 aromatic heterocycles. The fourth-order valence-corrected chi connectivity index (χ4v) is 1.14. The van der Waals surface area contributed by atoms with E-state index in [-0.39, 0.29) is 18.4 Å². The van der Waals surface area contributed by atoms with Gasteiger partial charge in [0.2, 0.25) is 11.8 Å². The molecule has 78 valence electrons. The highest BCUT2D eigenvalue weighted by molar-refractivity contribution is 5.91. The van der Waals surface area contributed by atoms with Crippen LogP contribution in [0.3, 0.4) is 0 Å². The highest BCUT2D eigenvalue weighted by Gasteiger charge is 2.48. The summed E-state index contributed by atoms with van der Waals surface area (Å²) in [6.07, 6.45) is 0.370. The number of carboxylic acids is 1. The van der Waals surface area contributed by atoms with Crippen LogP contribution in [0.15, 0.2) is 0 Å². The standard InChI is InChI=1S/C8H12N2O4/c1-9-6(11)3-10-7(12)4-2-5(4)8(13)14/h4-5H,2-3H2,1H3,(H,9,11)(H,10,12)(H,13,14). The van der Waals surface area contributed by atoms with Gasteiger partial charge in [0, 0.05) is 7.05 Å². The molecule has 0 heterocycles. The van der Waals surface area contributed by atoms with Crippen molar-refractivity contribution in [2.45, 2.75) is 6.42 Å². The third-order valence-corrected chi connectivity index (χ3v) is 2.15. The van der Waals surface area contributed by atoms with E-state index in [4.69, 9.17) is 5.11 Å². The number of aliphatic carboxylic acids is 1. The number of carbonyl (C=O) groups is 3. The average molecular weight is 200 g/mol. The molecule has 14 heavy (non-hydrogen) atoms. The van der Waals surface area contributed by atoms with Crippen molar-refractivity contribution in [3.8, 4) is 0 Å². The van der Waals surface area contributed by atoms with E-state index in [1.54, 1.807) is 0 Å². The minimum atomic E-state index is -0.954. The fourth-order valence-electron chi connectivity index (χ4n) is 1.14. The number of nitrogens with one attached hydrogen (secondary N) is 2. The lowest BCUT2D eigenvalue weighted by Crippen LogP contribution is -2.36. The number of likely N-dealkylation sites (N-methyl/N-ethyl adjacent to an activating group) is 1. The Balaban J connectivity index is 2.25. The van der Waals surface area contributed by atoms with E-state index in [0.717, 1.165) is 0 Å². The minimum absolute atomic E-state index is 0.0990. The van der Waals surface area contributed by atoms with Gasteiger partial charge < -0.3 is 15.7 Å². The van der Waals surface area contributed by atoms with Crippen LogP contribution in [0.25, 0.3) is 0 Å². The van der Waals surface area contributed by atoms with Crippen molar-refractivity contribution >= 4 is 17.8 Å². The topological polar surface area (TPSA) is 95.5 Å². The van der Waals surface area contributed by atoms with Crippen molar-refractivity contribution in [1.82, 2.24) is 10.6 Å². The zero-order valence-corrected chi connectivity index (χ0v) is 7.74. The molecule has 0 aromatic carbocycles. The highest BCUT2D eigenvalue weighted by atomic mass is 16.4. The Hall–Kier alpha value is -1.59. The first-order valence-corrected chi connectivity index (χ1v) is 4.27. The predicted octanol–water partition coefficient (Wildman–Crippen LogP) is -1.43. The van der Waals surface area contributed by atoms with Crippen molar-refractivity contribution < 1.29 is 19.5 Å². The molecule has 0 aliphatic heterocycles. The van der Waals surface area contributed by atoms with Gasteiger partial charge in [0.1, 0.15) is 0 Å². The van der Waals surface area contributed by atoms with Gasteiger partial charge in [-0.3, -0.25) is 14.4 Å². The second-order valence-electron chi connectivity index (χ2n) is 3.18. The van der Waals surface area contributed by atoms with Gasteiger partial charge >= 0.3 is 5.97 Å². The molecule has 0 bridgehead atoms. The molecule has 0 saturated heterocycles. The van der Waals surface area contributed by atoms with E-state index in [1.165, 1.54) is 7.05 Å². The molecule has 6 heteroatoms. The summed E-state index contributed by atoms with van der Waals surface area (Å²) in [5.74, 6) is -2.64. The lowest BCUT2D eigenvalue weighted by atomic mass is 10.3. The van der Waals surface area contributed by atoms with Crippen LogP contribution >= 0.6 is 0 Å². The summed E-state index contributed by atoms with van der Waals surface area (Å²) in [4.78, 5) is 32.3. The SMILES string of the molecule is CNC(=O)CNC(=O)C1CC1C(=O)O. The largest absolute Gasteiger partial charge is 0.481 e. The zero-order chi connectivity index (χ0) is 10.7. The quantitative estimate of drug-likeness (QED) is 0.518. The number of carboxylic acid groups (broad SMARTS) is 1. The molecule has 1 aliphatic rings. The van der Waals surface area contributed by atoms with Gasteiger partial charge in [-0.1, -0.05) is 0 Å². The van der Waals surface area contributed by atoms with Crippen molar-refractivity contribution in [3.63, 3.8) is 0 Å². The predicted molar refractivity (Wildman–Crippen MR) is 46.3 cm³/mol. The van der Waals surface area contributed by atoms with E-state index in [2.05, 4.69) is 10.6 Å². The summed E-state index contributed by atoms with van der Waals surface area (Å²) >= 11 is 0. The van der Waals surface area contributed by atoms with Gasteiger partial charge in [0.25, 0.3) is 0 Å². The summed E-state index contributed by atoms with van der Waals surface area (Å²) in [6.45, 7) is -0.0990. The van der Waals surface area contributed by atoms with Crippen molar-refractivity contribution in [1.29, 1.82) is 0 Å². The van der Waals surface area contributed by atoms with Gasteiger partial charge in [0.15, 0.2) is 0 Å². The van der Waals surface area contributed by atoms with E-state index in [9.17, 15) is 14.4 Å². The normalized spacial score (nSPS) is 23.8. The van der Waals surface area contributed by atoms with Crippen LogP contribution in [-0.2, 0) is 14.4 Å². The average Bonchev–Trinajstić information content (AvgIpc) is 2.92. The van der Waals surface area contributed by atoms with E-state index < -0.39 is 17.8 Å². The molecule has 0 spiro atoms. The lowest BCUT2D eigenvalue weighted by Gasteiger charge is -2.02. The molecule has 2 atom stereocenters. The maximum Gasteiger partial charge on any atom is 0.307 e. The summed E-state index contributed by atoms with van der Waals surface area (Å²) in [6, 6.07) is 0. The Labute approximate surface area is 80.7 Å². The fraction of sp³-hybridized carbons (Fsp3) is 0.625. The summed E-state index contributed by atoms with van der Waals surface area (Å²) in [5, 5.41) is 13.2. The van der Waals surface area contributed by atoms with Crippen molar-refractivity contribution in [3.05, 3.63) is 0 Å². The molecule has 2 amide bonds. The number of hydrogen-bond donors (Lipinski definition) is 3. The van der Waals surface area contributed by atoms with Gasteiger partial charge in [-0.2, -0.15) is 0 Å². The molecule has 1 saturated carbocycles.